The van der Waals surface area contributed by atoms with Crippen LogP contribution in [0.3, 0.4) is 0 Å². The molecule has 1 fully saturated rings. The molecule has 36 heavy (non-hydrogen) atoms. The predicted molar refractivity (Wildman–Crippen MR) is 146 cm³/mol. The van der Waals surface area contributed by atoms with Gasteiger partial charge in [-0.15, -0.1) is 0 Å². The molecule has 5 nitrogen and oxygen atoms in total. The van der Waals surface area contributed by atoms with Gasteiger partial charge < -0.3 is 14.6 Å². The Labute approximate surface area is 229 Å². The van der Waals surface area contributed by atoms with Crippen molar-refractivity contribution < 1.29 is 19.4 Å². The topological polar surface area (TPSA) is 59.0 Å². The lowest BCUT2D eigenvalue weighted by Gasteiger charge is -2.28. The molecule has 3 atom stereocenters. The highest BCUT2D eigenvalue weighted by Crippen LogP contribution is 2.29. The second-order valence-electron chi connectivity index (χ2n) is 9.28. The number of likely N-dealkylation sites (tertiary alicyclic amines) is 1. The van der Waals surface area contributed by atoms with Crippen LogP contribution in [0.5, 0.6) is 0 Å². The molecule has 0 aliphatic carbocycles. The maximum absolute atomic E-state index is 11.9. The summed E-state index contributed by atoms with van der Waals surface area (Å²) in [5.41, 5.74) is 3.12. The summed E-state index contributed by atoms with van der Waals surface area (Å²) in [7, 11) is 0. The second-order valence-corrected chi connectivity index (χ2v) is 10.5. The molecule has 198 valence electrons. The molecule has 0 bridgehead atoms. The number of carbonyl (C=O) groups excluding carboxylic acids is 1. The third-order valence-corrected chi connectivity index (χ3v) is 7.59. The standard InChI is InChI=1S/C28H36Cl3NO4/c1-3-27(24-10-9-21(29)16-20(24)8-12-28(34)35-4-2)36-18-23(33)17-32-13-5-6-22(32)14-19-7-11-25(30)26(31)15-19/h7,9-11,15-16,22-23,27,33H,3-6,8,12-14,17-18H2,1-2H3/t22-,23+,27+/m0/s1. The summed E-state index contributed by atoms with van der Waals surface area (Å²) >= 11 is 18.5. The van der Waals surface area contributed by atoms with Crippen LogP contribution < -0.4 is 0 Å². The van der Waals surface area contributed by atoms with E-state index in [1.165, 1.54) is 0 Å². The van der Waals surface area contributed by atoms with Gasteiger partial charge in [0.25, 0.3) is 0 Å². The number of ether oxygens (including phenoxy) is 2. The molecule has 1 aliphatic rings. The van der Waals surface area contributed by atoms with Crippen LogP contribution in [0.4, 0.5) is 0 Å². The Morgan fingerprint density at radius 1 is 1.14 bits per heavy atom. The van der Waals surface area contributed by atoms with Crippen molar-refractivity contribution in [2.75, 3.05) is 26.3 Å². The molecule has 2 aromatic rings. The number of aliphatic hydroxyl groups is 1. The van der Waals surface area contributed by atoms with Gasteiger partial charge in [0.15, 0.2) is 0 Å². The first-order valence-electron chi connectivity index (χ1n) is 12.7. The molecule has 0 amide bonds. The lowest BCUT2D eigenvalue weighted by molar-refractivity contribution is -0.143. The summed E-state index contributed by atoms with van der Waals surface area (Å²) < 4.78 is 11.3. The Morgan fingerprint density at radius 3 is 2.67 bits per heavy atom. The van der Waals surface area contributed by atoms with Crippen molar-refractivity contribution in [3.8, 4) is 0 Å². The predicted octanol–water partition coefficient (Wildman–Crippen LogP) is 6.68. The lowest BCUT2D eigenvalue weighted by Crippen LogP contribution is -2.39. The first-order chi connectivity index (χ1) is 17.3. The third kappa shape index (κ3) is 8.61. The molecule has 3 rings (SSSR count). The van der Waals surface area contributed by atoms with E-state index in [9.17, 15) is 9.90 Å². The van der Waals surface area contributed by atoms with E-state index < -0.39 is 6.10 Å². The van der Waals surface area contributed by atoms with Crippen molar-refractivity contribution in [1.82, 2.24) is 4.90 Å². The van der Waals surface area contributed by atoms with E-state index in [-0.39, 0.29) is 25.1 Å². The van der Waals surface area contributed by atoms with Gasteiger partial charge >= 0.3 is 5.97 Å². The highest BCUT2D eigenvalue weighted by atomic mass is 35.5. The minimum absolute atomic E-state index is 0.195. The molecular formula is C28H36Cl3NO4. The van der Waals surface area contributed by atoms with Gasteiger partial charge in [-0.25, -0.2) is 0 Å². The molecule has 1 heterocycles. The minimum Gasteiger partial charge on any atom is -0.466 e. The van der Waals surface area contributed by atoms with Gasteiger partial charge in [0.1, 0.15) is 0 Å². The molecule has 0 saturated carbocycles. The van der Waals surface area contributed by atoms with Gasteiger partial charge in [0.05, 0.1) is 35.5 Å². The Hall–Kier alpha value is -1.34. The van der Waals surface area contributed by atoms with Crippen molar-refractivity contribution in [2.45, 2.75) is 70.6 Å². The quantitative estimate of drug-likeness (QED) is 0.279. The maximum atomic E-state index is 11.9. The third-order valence-electron chi connectivity index (χ3n) is 6.62. The zero-order valence-corrected chi connectivity index (χ0v) is 23.3. The summed E-state index contributed by atoms with van der Waals surface area (Å²) in [6.45, 7) is 5.95. The van der Waals surface area contributed by atoms with Gasteiger partial charge in [-0.05, 0) is 86.5 Å². The first kappa shape index (κ1) is 29.2. The van der Waals surface area contributed by atoms with Crippen molar-refractivity contribution in [1.29, 1.82) is 0 Å². The number of aliphatic hydroxyl groups excluding tert-OH is 1. The number of halogens is 3. The maximum Gasteiger partial charge on any atom is 0.306 e. The van der Waals surface area contributed by atoms with Gasteiger partial charge in [-0.1, -0.05) is 53.9 Å². The molecule has 8 heteroatoms. The molecular weight excluding hydrogens is 521 g/mol. The summed E-state index contributed by atoms with van der Waals surface area (Å²) in [6, 6.07) is 11.8. The number of esters is 1. The van der Waals surface area contributed by atoms with E-state index >= 15 is 0 Å². The Bertz CT molecular complexity index is 1000. The molecule has 0 unspecified atom stereocenters. The van der Waals surface area contributed by atoms with Crippen molar-refractivity contribution in [3.63, 3.8) is 0 Å². The van der Waals surface area contributed by atoms with Crippen LogP contribution in [0.15, 0.2) is 36.4 Å². The number of hydrogen-bond donors (Lipinski definition) is 1. The number of aryl methyl sites for hydroxylation is 1. The van der Waals surface area contributed by atoms with E-state index in [2.05, 4.69) is 11.8 Å². The largest absolute Gasteiger partial charge is 0.466 e. The smallest absolute Gasteiger partial charge is 0.306 e. The number of nitrogens with zero attached hydrogens (tertiary/aromatic N) is 1. The highest BCUT2D eigenvalue weighted by Gasteiger charge is 2.27. The van der Waals surface area contributed by atoms with Crippen LogP contribution in [-0.4, -0.2) is 54.4 Å². The number of rotatable bonds is 13. The van der Waals surface area contributed by atoms with Crippen LogP contribution in [-0.2, 0) is 27.1 Å². The lowest BCUT2D eigenvalue weighted by atomic mass is 9.97. The second kappa shape index (κ2) is 14.6. The zero-order valence-electron chi connectivity index (χ0n) is 21.0. The summed E-state index contributed by atoms with van der Waals surface area (Å²) in [6.07, 6.45) is 3.81. The first-order valence-corrected chi connectivity index (χ1v) is 13.9. The number of β-amino-alcohol motifs (C(OH)–C–C–N with tert-alkyl or cyclic N) is 1. The van der Waals surface area contributed by atoms with E-state index in [4.69, 9.17) is 44.3 Å². The average Bonchev–Trinajstić information content (AvgIpc) is 3.27. The summed E-state index contributed by atoms with van der Waals surface area (Å²) in [5, 5.41) is 12.6. The molecule has 0 radical (unpaired) electrons. The zero-order chi connectivity index (χ0) is 26.1. The molecule has 0 aromatic heterocycles. The molecule has 1 N–H and O–H groups in total. The van der Waals surface area contributed by atoms with E-state index in [1.54, 1.807) is 6.92 Å². The molecule has 2 aromatic carbocycles. The van der Waals surface area contributed by atoms with Gasteiger partial charge in [0, 0.05) is 24.0 Å². The van der Waals surface area contributed by atoms with Gasteiger partial charge in [-0.3, -0.25) is 9.69 Å². The van der Waals surface area contributed by atoms with E-state index in [1.807, 2.05) is 36.4 Å². The summed E-state index contributed by atoms with van der Waals surface area (Å²) in [5.74, 6) is -0.228. The normalized spacial score (nSPS) is 17.8. The van der Waals surface area contributed by atoms with Crippen molar-refractivity contribution in [2.24, 2.45) is 0 Å². The Balaban J connectivity index is 1.56. The minimum atomic E-state index is -0.608. The Kier molecular flexibility index (Phi) is 11.8. The fraction of sp³-hybridized carbons (Fsp3) is 0.536. The monoisotopic (exact) mass is 555 g/mol. The van der Waals surface area contributed by atoms with Crippen molar-refractivity contribution in [3.05, 3.63) is 68.2 Å². The number of hydrogen-bond acceptors (Lipinski definition) is 5. The van der Waals surface area contributed by atoms with Gasteiger partial charge in [0.2, 0.25) is 0 Å². The van der Waals surface area contributed by atoms with Crippen LogP contribution >= 0.6 is 34.8 Å². The average molecular weight is 557 g/mol. The van der Waals surface area contributed by atoms with Crippen LogP contribution in [0.2, 0.25) is 15.1 Å². The van der Waals surface area contributed by atoms with Gasteiger partial charge in [-0.2, -0.15) is 0 Å². The molecule has 0 spiro atoms. The van der Waals surface area contributed by atoms with Crippen molar-refractivity contribution >= 4 is 40.8 Å². The Morgan fingerprint density at radius 2 is 1.94 bits per heavy atom. The number of carbonyl (C=O) groups is 1. The van der Waals surface area contributed by atoms with Crippen LogP contribution in [0.1, 0.15) is 62.3 Å². The molecule has 1 saturated heterocycles. The highest BCUT2D eigenvalue weighted by molar-refractivity contribution is 6.42. The fourth-order valence-electron chi connectivity index (χ4n) is 4.86. The summed E-state index contributed by atoms with van der Waals surface area (Å²) in [4.78, 5) is 14.2. The van der Waals surface area contributed by atoms with E-state index in [0.717, 1.165) is 48.9 Å². The van der Waals surface area contributed by atoms with E-state index in [0.29, 0.717) is 40.7 Å². The fourth-order valence-corrected chi connectivity index (χ4v) is 5.37. The van der Waals surface area contributed by atoms with Crippen LogP contribution in [0, 0.1) is 0 Å². The molecule has 1 aliphatic heterocycles. The van der Waals surface area contributed by atoms with Crippen LogP contribution in [0.25, 0.3) is 0 Å². The number of benzene rings is 2. The SMILES string of the molecule is CCOC(=O)CCc1cc(Cl)ccc1[C@@H](CC)OC[C@H](O)CN1CCC[C@H]1Cc1ccc(Cl)c(Cl)c1.